The van der Waals surface area contributed by atoms with Crippen LogP contribution in [0, 0.1) is 16.2 Å². The predicted molar refractivity (Wildman–Crippen MR) is 254 cm³/mol. The molecule has 63 heavy (non-hydrogen) atoms. The third kappa shape index (κ3) is 13.2. The quantitative estimate of drug-likeness (QED) is 0.0449. The summed E-state index contributed by atoms with van der Waals surface area (Å²) >= 11 is 4.61. The Morgan fingerprint density at radius 3 is 2.35 bits per heavy atom. The number of allylic oxidation sites excluding steroid dienone is 1. The molecule has 2 aromatic heterocycles. The average molecular weight is 882 g/mol. The van der Waals surface area contributed by atoms with Crippen LogP contribution in [0.1, 0.15) is 111 Å². The van der Waals surface area contributed by atoms with Gasteiger partial charge in [0.2, 0.25) is 23.6 Å². The summed E-state index contributed by atoms with van der Waals surface area (Å²) < 4.78 is 6.15. The highest BCUT2D eigenvalue weighted by molar-refractivity contribution is 7.90. The first-order valence-corrected chi connectivity index (χ1v) is 22.3. The molecule has 340 valence electrons. The smallest absolute Gasteiger partial charge is 0.246 e. The predicted octanol–water partition coefficient (Wildman–Crippen LogP) is 7.30. The molecule has 13 nitrogen and oxygen atoms in total. The number of β-amino-alcohol motifs (C(OH)–C–C–N with tert-alkyl or cyclic N) is 1. The van der Waals surface area contributed by atoms with Gasteiger partial charge in [-0.25, -0.2) is 0 Å². The van der Waals surface area contributed by atoms with Crippen LogP contribution in [0.25, 0.3) is 26.7 Å². The lowest BCUT2D eigenvalue weighted by atomic mass is 9.84. The van der Waals surface area contributed by atoms with Gasteiger partial charge in [0.15, 0.2) is 0 Å². The Morgan fingerprint density at radius 2 is 1.67 bits per heavy atom. The summed E-state index contributed by atoms with van der Waals surface area (Å²) in [4.78, 5) is 68.6. The molecule has 2 aromatic carbocycles. The zero-order chi connectivity index (χ0) is 46.3. The highest BCUT2D eigenvalue weighted by Crippen LogP contribution is 2.30. The molecule has 0 spiro atoms. The van der Waals surface area contributed by atoms with E-state index in [1.165, 1.54) is 4.90 Å². The van der Waals surface area contributed by atoms with Crippen molar-refractivity contribution < 1.29 is 29.0 Å². The van der Waals surface area contributed by atoms with E-state index in [4.69, 9.17) is 4.74 Å². The Kier molecular flexibility index (Phi) is 16.0. The Bertz CT molecular complexity index is 2330. The number of benzene rings is 2. The number of aromatic nitrogens is 2. The highest BCUT2D eigenvalue weighted by Gasteiger charge is 2.45. The molecule has 1 fully saturated rings. The zero-order valence-electron chi connectivity index (χ0n) is 38.6. The Balaban J connectivity index is 1.09. The lowest BCUT2D eigenvalue weighted by Crippen LogP contribution is -2.58. The number of aryl methyl sites for hydroxylation is 1. The van der Waals surface area contributed by atoms with Crippen molar-refractivity contribution in [3.05, 3.63) is 83.3 Å². The number of aliphatic hydroxyl groups is 1. The number of aliphatic hydroxyl groups excluding tert-OH is 1. The number of nitrogens with zero attached hydrogens (tertiary/aromatic N) is 3. The first-order chi connectivity index (χ1) is 29.6. The SMILES string of the molecule is CC=N/C(C)=C(\S)c1ccc([C@H](C)NC(=O)[C@@H]2C[C@@H](O)CN2C(=O)[C@@H](NC(=O)CC(C)(C)COCC(C)(C)CNC(=O)CCc2ccc3c(c2)[nH]c2ccncc23)C(C)(C)C)cc1. The maximum Gasteiger partial charge on any atom is 0.246 e. The summed E-state index contributed by atoms with van der Waals surface area (Å²) in [6.45, 7) is 20.1. The Morgan fingerprint density at radius 1 is 0.968 bits per heavy atom. The van der Waals surface area contributed by atoms with Crippen molar-refractivity contribution in [1.82, 2.24) is 30.8 Å². The number of rotatable bonds is 18. The van der Waals surface area contributed by atoms with Crippen LogP contribution in [0.15, 0.2) is 71.6 Å². The second-order valence-corrected chi connectivity index (χ2v) is 20.1. The van der Waals surface area contributed by atoms with Crippen molar-refractivity contribution in [3.8, 4) is 0 Å². The normalized spacial score (nSPS) is 17.5. The molecular weight excluding hydrogens is 815 g/mol. The number of amides is 4. The number of H-pyrrole nitrogens is 1. The monoisotopic (exact) mass is 881 g/mol. The van der Waals surface area contributed by atoms with Crippen LogP contribution < -0.4 is 16.0 Å². The number of carbonyl (C=O) groups excluding carboxylic acids is 4. The number of likely N-dealkylation sites (tertiary alicyclic amines) is 1. The fourth-order valence-electron chi connectivity index (χ4n) is 7.89. The highest BCUT2D eigenvalue weighted by atomic mass is 32.1. The van der Waals surface area contributed by atoms with Gasteiger partial charge in [-0.15, -0.1) is 12.6 Å². The first kappa shape index (κ1) is 49.0. The van der Waals surface area contributed by atoms with E-state index in [0.29, 0.717) is 26.0 Å². The minimum Gasteiger partial charge on any atom is -0.391 e. The first-order valence-electron chi connectivity index (χ1n) is 21.8. The van der Waals surface area contributed by atoms with Gasteiger partial charge < -0.3 is 35.7 Å². The molecule has 0 aliphatic carbocycles. The van der Waals surface area contributed by atoms with Gasteiger partial charge in [-0.2, -0.15) is 0 Å². The lowest BCUT2D eigenvalue weighted by Gasteiger charge is -2.36. The number of ether oxygens (including phenoxy) is 1. The Labute approximate surface area is 377 Å². The topological polar surface area (TPSA) is 178 Å². The number of nitrogens with one attached hydrogen (secondary N) is 4. The minimum atomic E-state index is -0.951. The fraction of sp³-hybridized carbons (Fsp3) is 0.510. The van der Waals surface area contributed by atoms with Crippen molar-refractivity contribution in [2.45, 2.75) is 119 Å². The minimum absolute atomic E-state index is 0.0189. The number of fused-ring (bicyclic) bond motifs is 3. The number of aliphatic imine (C=N–C) groups is 1. The van der Waals surface area contributed by atoms with E-state index in [1.807, 2.05) is 106 Å². The molecule has 4 amide bonds. The average Bonchev–Trinajstić information content (AvgIpc) is 3.80. The molecule has 1 aliphatic rings. The standard InChI is InChI=1S/C49H67N7O6S/c1-11-51-31(3)43(63)34-16-14-33(15-17-34)30(2)53-45(60)40-23-35(57)26-56(40)46(61)44(47(4,5)6)55-42(59)24-48(7,8)28-62-29-49(9,10)27-52-41(58)19-13-32-12-18-36-37-25-50-21-20-38(37)54-39(36)22-32/h11-12,14-18,20-22,25,30,35,40,44,54,57,63H,13,19,23-24,26-29H2,1-10H3,(H,52,58)(H,53,60)(H,55,59)/b43-31-,51-11?/t30-,35+,40-,44+/m0/s1. The van der Waals surface area contributed by atoms with Crippen molar-refractivity contribution >= 4 is 69.2 Å². The maximum absolute atomic E-state index is 14.2. The van der Waals surface area contributed by atoms with E-state index < -0.39 is 34.9 Å². The van der Waals surface area contributed by atoms with Crippen LogP contribution in [0.2, 0.25) is 0 Å². The third-order valence-electron chi connectivity index (χ3n) is 11.5. The summed E-state index contributed by atoms with van der Waals surface area (Å²) in [6.07, 6.45) is 5.59. The van der Waals surface area contributed by atoms with Gasteiger partial charge in [-0.3, -0.25) is 29.2 Å². The number of hydrogen-bond donors (Lipinski definition) is 6. The van der Waals surface area contributed by atoms with Crippen molar-refractivity contribution in [2.24, 2.45) is 21.2 Å². The van der Waals surface area contributed by atoms with Gasteiger partial charge in [0.1, 0.15) is 12.1 Å². The second kappa shape index (κ2) is 20.6. The summed E-state index contributed by atoms with van der Waals surface area (Å²) in [5.41, 5.74) is 4.04. The number of hydrogen-bond acceptors (Lipinski definition) is 9. The van der Waals surface area contributed by atoms with Crippen LogP contribution in [0.4, 0.5) is 0 Å². The molecule has 4 aromatic rings. The number of thiol groups is 1. The van der Waals surface area contributed by atoms with Gasteiger partial charge in [-0.1, -0.05) is 84.9 Å². The van der Waals surface area contributed by atoms with Crippen LogP contribution in [0.5, 0.6) is 0 Å². The summed E-state index contributed by atoms with van der Waals surface area (Å²) in [6, 6.07) is 13.6. The molecule has 1 saturated heterocycles. The van der Waals surface area contributed by atoms with Crippen molar-refractivity contribution in [3.63, 3.8) is 0 Å². The molecular formula is C49H67N7O6S. The van der Waals surface area contributed by atoms with Gasteiger partial charge >= 0.3 is 0 Å². The molecule has 0 radical (unpaired) electrons. The molecule has 14 heteroatoms. The van der Waals surface area contributed by atoms with E-state index in [0.717, 1.165) is 49.1 Å². The van der Waals surface area contributed by atoms with Crippen LogP contribution in [-0.2, 0) is 30.3 Å². The van der Waals surface area contributed by atoms with E-state index in [9.17, 15) is 24.3 Å². The fourth-order valence-corrected chi connectivity index (χ4v) is 8.10. The van der Waals surface area contributed by atoms with Crippen LogP contribution in [0.3, 0.4) is 0 Å². The summed E-state index contributed by atoms with van der Waals surface area (Å²) in [5, 5.41) is 21.9. The second-order valence-electron chi connectivity index (χ2n) is 19.6. The molecule has 0 saturated carbocycles. The van der Waals surface area contributed by atoms with Crippen molar-refractivity contribution in [2.75, 3.05) is 26.3 Å². The van der Waals surface area contributed by atoms with E-state index in [-0.39, 0.29) is 55.2 Å². The molecule has 4 atom stereocenters. The van der Waals surface area contributed by atoms with Gasteiger partial charge in [-0.05, 0) is 66.8 Å². The molecule has 5 N–H and O–H groups in total. The molecule has 5 rings (SSSR count). The van der Waals surface area contributed by atoms with Gasteiger partial charge in [0.05, 0.1) is 31.1 Å². The van der Waals surface area contributed by atoms with E-state index in [1.54, 1.807) is 12.4 Å². The third-order valence-corrected chi connectivity index (χ3v) is 12.1. The van der Waals surface area contributed by atoms with Crippen molar-refractivity contribution in [1.29, 1.82) is 0 Å². The number of pyridine rings is 1. The summed E-state index contributed by atoms with van der Waals surface area (Å²) in [5.74, 6) is -1.16. The number of aromatic amines is 1. The van der Waals surface area contributed by atoms with E-state index >= 15 is 0 Å². The van der Waals surface area contributed by atoms with Crippen LogP contribution >= 0.6 is 12.6 Å². The maximum atomic E-state index is 14.2. The summed E-state index contributed by atoms with van der Waals surface area (Å²) in [7, 11) is 0. The molecule has 0 unspecified atom stereocenters. The molecule has 0 bridgehead atoms. The van der Waals surface area contributed by atoms with Gasteiger partial charge in [0.25, 0.3) is 0 Å². The lowest BCUT2D eigenvalue weighted by molar-refractivity contribution is -0.144. The Hall–Kier alpha value is -5.05. The molecule has 1 aliphatic heterocycles. The van der Waals surface area contributed by atoms with E-state index in [2.05, 4.69) is 61.7 Å². The van der Waals surface area contributed by atoms with Gasteiger partial charge in [0, 0.05) is 83.1 Å². The molecule has 3 heterocycles. The van der Waals surface area contributed by atoms with Crippen LogP contribution in [-0.4, -0.2) is 94.3 Å². The number of carbonyl (C=O) groups is 4. The zero-order valence-corrected chi connectivity index (χ0v) is 39.5. The largest absolute Gasteiger partial charge is 0.391 e.